The number of aryl methyl sites for hydroxylation is 2. The highest BCUT2D eigenvalue weighted by Crippen LogP contribution is 2.29. The number of halogens is 1. The molecule has 0 spiro atoms. The van der Waals surface area contributed by atoms with Crippen molar-refractivity contribution >= 4 is 40.0 Å². The fourth-order valence-corrected chi connectivity index (χ4v) is 4.05. The van der Waals surface area contributed by atoms with Crippen molar-refractivity contribution in [3.63, 3.8) is 0 Å². The highest BCUT2D eigenvalue weighted by atomic mass is 35.5. The number of pyridine rings is 1. The molecule has 3 aromatic heterocycles. The molecule has 172 valence electrons. The van der Waals surface area contributed by atoms with Gasteiger partial charge in [0.2, 0.25) is 0 Å². The van der Waals surface area contributed by atoms with Gasteiger partial charge in [-0.3, -0.25) is 9.36 Å². The summed E-state index contributed by atoms with van der Waals surface area (Å²) in [6.45, 7) is 5.43. The Morgan fingerprint density at radius 3 is 2.68 bits per heavy atom. The lowest BCUT2D eigenvalue weighted by molar-refractivity contribution is 0.656. The Morgan fingerprint density at radius 1 is 1.24 bits per heavy atom. The van der Waals surface area contributed by atoms with Crippen LogP contribution in [0.1, 0.15) is 42.2 Å². The average molecular weight is 476 g/mol. The predicted molar refractivity (Wildman–Crippen MR) is 132 cm³/mol. The van der Waals surface area contributed by atoms with Crippen LogP contribution in [0.2, 0.25) is 5.02 Å². The van der Waals surface area contributed by atoms with Crippen molar-refractivity contribution < 1.29 is 0 Å². The summed E-state index contributed by atoms with van der Waals surface area (Å²) in [5.41, 5.74) is 13.2. The molecule has 10 nitrogen and oxygen atoms in total. The van der Waals surface area contributed by atoms with Crippen LogP contribution in [0.25, 0.3) is 16.6 Å². The maximum atomic E-state index is 13.8. The van der Waals surface area contributed by atoms with Crippen molar-refractivity contribution in [3.8, 4) is 11.8 Å². The minimum Gasteiger partial charge on any atom is -0.384 e. The van der Waals surface area contributed by atoms with Crippen molar-refractivity contribution in [1.29, 1.82) is 5.26 Å². The molecule has 0 aliphatic rings. The molecular formula is C23H22ClN9O. The van der Waals surface area contributed by atoms with Crippen LogP contribution < -0.4 is 22.3 Å². The number of nitrogen functional groups attached to an aromatic ring is 2. The van der Waals surface area contributed by atoms with Crippen LogP contribution in [-0.4, -0.2) is 24.5 Å². The molecule has 11 heteroatoms. The fraction of sp³-hybridized carbons (Fsp3) is 0.217. The average Bonchev–Trinajstić information content (AvgIpc) is 2.78. The molecule has 0 saturated heterocycles. The summed E-state index contributed by atoms with van der Waals surface area (Å²) in [5, 5.41) is 13.4. The maximum Gasteiger partial charge on any atom is 0.267 e. The number of hydrogen-bond acceptors (Lipinski definition) is 9. The van der Waals surface area contributed by atoms with Gasteiger partial charge in [0.15, 0.2) is 5.82 Å². The van der Waals surface area contributed by atoms with E-state index in [1.165, 1.54) is 10.8 Å². The zero-order chi connectivity index (χ0) is 24.6. The van der Waals surface area contributed by atoms with Crippen molar-refractivity contribution in [3.05, 3.63) is 68.6 Å². The van der Waals surface area contributed by atoms with E-state index in [1.54, 1.807) is 31.2 Å². The van der Waals surface area contributed by atoms with Gasteiger partial charge in [-0.25, -0.2) is 19.9 Å². The predicted octanol–water partition coefficient (Wildman–Crippen LogP) is 3.44. The van der Waals surface area contributed by atoms with Crippen molar-refractivity contribution in [2.45, 2.75) is 33.2 Å². The van der Waals surface area contributed by atoms with Crippen molar-refractivity contribution in [1.82, 2.24) is 24.5 Å². The van der Waals surface area contributed by atoms with Crippen LogP contribution >= 0.6 is 11.6 Å². The van der Waals surface area contributed by atoms with E-state index in [0.717, 1.165) is 5.56 Å². The summed E-state index contributed by atoms with van der Waals surface area (Å²) in [7, 11) is 0. The van der Waals surface area contributed by atoms with Gasteiger partial charge in [0.25, 0.3) is 5.56 Å². The van der Waals surface area contributed by atoms with E-state index >= 15 is 0 Å². The van der Waals surface area contributed by atoms with Gasteiger partial charge in [-0.2, -0.15) is 5.26 Å². The van der Waals surface area contributed by atoms with Crippen LogP contribution in [0.3, 0.4) is 0 Å². The number of benzene rings is 1. The Bertz CT molecular complexity index is 1520. The van der Waals surface area contributed by atoms with E-state index in [1.807, 2.05) is 19.9 Å². The molecular weight excluding hydrogens is 454 g/mol. The SMILES string of the molecule is CC[C@H](Nc1nc(C)nc(N)c1C#N)c1nc2cccc(Cl)c2c(=O)n1-c1cnc(N)cc1C. The van der Waals surface area contributed by atoms with Gasteiger partial charge in [-0.05, 0) is 44.0 Å². The van der Waals surface area contributed by atoms with Crippen LogP contribution in [0.4, 0.5) is 17.5 Å². The molecule has 0 unspecified atom stereocenters. The number of nitrogens with two attached hydrogens (primary N) is 2. The third-order valence-corrected chi connectivity index (χ3v) is 5.72. The Kier molecular flexibility index (Phi) is 6.04. The minimum atomic E-state index is -0.520. The summed E-state index contributed by atoms with van der Waals surface area (Å²) < 4.78 is 1.47. The highest BCUT2D eigenvalue weighted by Gasteiger charge is 2.24. The smallest absolute Gasteiger partial charge is 0.267 e. The second-order valence-corrected chi connectivity index (χ2v) is 8.14. The molecule has 4 aromatic rings. The molecule has 0 aliphatic carbocycles. The minimum absolute atomic E-state index is 0.0709. The van der Waals surface area contributed by atoms with Gasteiger partial charge >= 0.3 is 0 Å². The lowest BCUT2D eigenvalue weighted by Crippen LogP contribution is -2.29. The van der Waals surface area contributed by atoms with Gasteiger partial charge < -0.3 is 16.8 Å². The third-order valence-electron chi connectivity index (χ3n) is 5.41. The summed E-state index contributed by atoms with van der Waals surface area (Å²) >= 11 is 6.39. The zero-order valence-electron chi connectivity index (χ0n) is 18.8. The molecule has 1 atom stereocenters. The van der Waals surface area contributed by atoms with Crippen LogP contribution in [0.15, 0.2) is 35.3 Å². The molecule has 5 N–H and O–H groups in total. The van der Waals surface area contributed by atoms with Gasteiger partial charge in [-0.15, -0.1) is 0 Å². The largest absolute Gasteiger partial charge is 0.384 e. The van der Waals surface area contributed by atoms with Gasteiger partial charge in [-0.1, -0.05) is 24.6 Å². The molecule has 0 aliphatic heterocycles. The van der Waals surface area contributed by atoms with E-state index in [9.17, 15) is 10.1 Å². The van der Waals surface area contributed by atoms with Crippen molar-refractivity contribution in [2.75, 3.05) is 16.8 Å². The quantitative estimate of drug-likeness (QED) is 0.392. The summed E-state index contributed by atoms with van der Waals surface area (Å²) in [6.07, 6.45) is 2.04. The van der Waals surface area contributed by atoms with E-state index in [-0.39, 0.29) is 22.8 Å². The summed E-state index contributed by atoms with van der Waals surface area (Å²) in [6, 6.07) is 8.31. The second kappa shape index (κ2) is 8.96. The van der Waals surface area contributed by atoms with Crippen molar-refractivity contribution in [2.24, 2.45) is 0 Å². The number of nitrogens with zero attached hydrogens (tertiary/aromatic N) is 6. The van der Waals surface area contributed by atoms with E-state index < -0.39 is 6.04 Å². The molecule has 0 bridgehead atoms. The normalized spacial score (nSPS) is 11.9. The van der Waals surface area contributed by atoms with E-state index in [0.29, 0.717) is 45.5 Å². The second-order valence-electron chi connectivity index (χ2n) is 7.74. The molecule has 3 heterocycles. The Balaban J connectivity index is 2.01. The first kappa shape index (κ1) is 22.9. The maximum absolute atomic E-state index is 13.8. The highest BCUT2D eigenvalue weighted by molar-refractivity contribution is 6.35. The Labute approximate surface area is 200 Å². The van der Waals surface area contributed by atoms with E-state index in [4.69, 9.17) is 28.1 Å². The lowest BCUT2D eigenvalue weighted by Gasteiger charge is -2.23. The van der Waals surface area contributed by atoms with Crippen LogP contribution in [0, 0.1) is 25.2 Å². The molecule has 0 saturated carbocycles. The first-order valence-electron chi connectivity index (χ1n) is 10.5. The summed E-state index contributed by atoms with van der Waals surface area (Å²) in [5.74, 6) is 1.47. The molecule has 0 fully saturated rings. The number of anilines is 3. The molecule has 1 aromatic carbocycles. The fourth-order valence-electron chi connectivity index (χ4n) is 3.80. The number of nitriles is 1. The first-order chi connectivity index (χ1) is 16.2. The first-order valence-corrected chi connectivity index (χ1v) is 10.9. The van der Waals surface area contributed by atoms with E-state index in [2.05, 4.69) is 20.3 Å². The number of hydrogen-bond donors (Lipinski definition) is 3. The number of rotatable bonds is 5. The molecule has 34 heavy (non-hydrogen) atoms. The molecule has 0 amide bonds. The standard InChI is InChI=1S/C23H22ClN9O/c1-4-15(31-21-13(9-25)20(27)29-12(3)30-21)22-32-16-7-5-6-14(24)19(16)23(34)33(22)17-10-28-18(26)8-11(17)2/h5-8,10,15H,4H2,1-3H3,(H2,26,28)(H3,27,29,30,31)/t15-/m0/s1. The Hall–Kier alpha value is -4.23. The van der Waals surface area contributed by atoms with Gasteiger partial charge in [0.1, 0.15) is 34.9 Å². The van der Waals surface area contributed by atoms with Crippen LogP contribution in [0.5, 0.6) is 0 Å². The topological polar surface area (TPSA) is 161 Å². The number of fused-ring (bicyclic) bond motifs is 1. The lowest BCUT2D eigenvalue weighted by atomic mass is 10.1. The van der Waals surface area contributed by atoms with Crippen LogP contribution in [-0.2, 0) is 0 Å². The monoisotopic (exact) mass is 475 g/mol. The number of nitrogens with one attached hydrogen (secondary N) is 1. The molecule has 0 radical (unpaired) electrons. The molecule has 4 rings (SSSR count). The summed E-state index contributed by atoms with van der Waals surface area (Å²) in [4.78, 5) is 31.2. The number of aromatic nitrogens is 5. The third kappa shape index (κ3) is 3.97. The van der Waals surface area contributed by atoms with Gasteiger partial charge in [0, 0.05) is 0 Å². The zero-order valence-corrected chi connectivity index (χ0v) is 19.6. The Morgan fingerprint density at radius 2 is 2.00 bits per heavy atom. The van der Waals surface area contributed by atoms with Gasteiger partial charge in [0.05, 0.1) is 33.9 Å².